The van der Waals surface area contributed by atoms with Gasteiger partial charge in [0.15, 0.2) is 5.82 Å². The van der Waals surface area contributed by atoms with Gasteiger partial charge in [0, 0.05) is 34.4 Å². The molecule has 0 aliphatic rings. The van der Waals surface area contributed by atoms with Crippen molar-refractivity contribution in [1.29, 1.82) is 0 Å². The molecule has 0 aliphatic heterocycles. The highest BCUT2D eigenvalue weighted by atomic mass is 19.1. The van der Waals surface area contributed by atoms with Crippen LogP contribution in [0.4, 0.5) is 21.7 Å². The highest BCUT2D eigenvalue weighted by Gasteiger charge is 2.14. The van der Waals surface area contributed by atoms with Gasteiger partial charge in [0.25, 0.3) is 0 Å². The summed E-state index contributed by atoms with van der Waals surface area (Å²) in [6, 6.07) is 13.0. The van der Waals surface area contributed by atoms with Crippen LogP contribution in [0.5, 0.6) is 5.75 Å². The summed E-state index contributed by atoms with van der Waals surface area (Å²) in [7, 11) is 0. The Hall–Kier alpha value is -4.09. The first-order valence-corrected chi connectivity index (χ1v) is 11.9. The molecule has 4 aromatic rings. The molecular formula is C26H30FN7O3. The van der Waals surface area contributed by atoms with Crippen LogP contribution < -0.4 is 20.7 Å². The molecule has 0 fully saturated rings. The number of anilines is 3. The van der Waals surface area contributed by atoms with E-state index in [0.29, 0.717) is 40.9 Å². The third-order valence-electron chi connectivity index (χ3n) is 5.53. The van der Waals surface area contributed by atoms with E-state index in [-0.39, 0.29) is 24.5 Å². The highest BCUT2D eigenvalue weighted by Crippen LogP contribution is 2.26. The average Bonchev–Trinajstić information content (AvgIpc) is 3.30. The van der Waals surface area contributed by atoms with Crippen molar-refractivity contribution in [1.82, 2.24) is 25.5 Å². The van der Waals surface area contributed by atoms with Crippen LogP contribution in [-0.4, -0.2) is 56.5 Å². The maximum Gasteiger partial charge on any atom is 0.230 e. The molecule has 0 unspecified atom stereocenters. The van der Waals surface area contributed by atoms with E-state index in [4.69, 9.17) is 4.74 Å². The van der Waals surface area contributed by atoms with Gasteiger partial charge in [-0.05, 0) is 57.1 Å². The molecular weight excluding hydrogens is 477 g/mol. The van der Waals surface area contributed by atoms with Crippen LogP contribution in [0.2, 0.25) is 0 Å². The predicted octanol–water partition coefficient (Wildman–Crippen LogP) is 3.55. The summed E-state index contributed by atoms with van der Waals surface area (Å²) >= 11 is 0. The van der Waals surface area contributed by atoms with Gasteiger partial charge in [-0.1, -0.05) is 6.07 Å². The number of fused-ring (bicyclic) bond motifs is 1. The summed E-state index contributed by atoms with van der Waals surface area (Å²) in [6.07, 6.45) is 2.29. The number of nitrogens with zero attached hydrogens (tertiary/aromatic N) is 3. The highest BCUT2D eigenvalue weighted by molar-refractivity contribution is 5.93. The third kappa shape index (κ3) is 7.45. The average molecular weight is 508 g/mol. The summed E-state index contributed by atoms with van der Waals surface area (Å²) in [5, 5.41) is 26.2. The molecule has 0 bridgehead atoms. The van der Waals surface area contributed by atoms with Gasteiger partial charge in [0.2, 0.25) is 5.91 Å². The van der Waals surface area contributed by atoms with Crippen LogP contribution in [0, 0.1) is 5.82 Å². The number of aromatic nitrogens is 4. The smallest absolute Gasteiger partial charge is 0.230 e. The third-order valence-corrected chi connectivity index (χ3v) is 5.53. The molecule has 0 radical (unpaired) electrons. The SMILES string of the molecule is CC(C)(CO)NCCCOc1ccc2c(Nc3cc(CC(=O)Nc4cccc(F)c4)[nH]n3)ncnc2c1. The molecule has 11 heteroatoms. The number of aliphatic hydroxyl groups excluding tert-OH is 1. The Morgan fingerprint density at radius 2 is 2.03 bits per heavy atom. The van der Waals surface area contributed by atoms with Gasteiger partial charge in [0.05, 0.1) is 25.2 Å². The maximum atomic E-state index is 13.3. The van der Waals surface area contributed by atoms with Gasteiger partial charge in [-0.15, -0.1) is 0 Å². The molecule has 194 valence electrons. The number of aliphatic hydroxyl groups is 1. The lowest BCUT2D eigenvalue weighted by molar-refractivity contribution is -0.115. The van der Waals surface area contributed by atoms with Crippen molar-refractivity contribution >= 4 is 34.1 Å². The second-order valence-electron chi connectivity index (χ2n) is 9.21. The van der Waals surface area contributed by atoms with Crippen LogP contribution in [0.3, 0.4) is 0 Å². The van der Waals surface area contributed by atoms with E-state index < -0.39 is 5.82 Å². The molecule has 2 heterocycles. The first kappa shape index (κ1) is 26.0. The van der Waals surface area contributed by atoms with E-state index in [2.05, 4.69) is 36.1 Å². The minimum atomic E-state index is -0.419. The van der Waals surface area contributed by atoms with Crippen LogP contribution in [0.1, 0.15) is 26.0 Å². The number of hydrogen-bond acceptors (Lipinski definition) is 8. The monoisotopic (exact) mass is 507 g/mol. The Balaban J connectivity index is 1.33. The van der Waals surface area contributed by atoms with E-state index in [9.17, 15) is 14.3 Å². The van der Waals surface area contributed by atoms with Crippen molar-refractivity contribution in [2.45, 2.75) is 32.2 Å². The number of nitrogens with one attached hydrogen (secondary N) is 4. The summed E-state index contributed by atoms with van der Waals surface area (Å²) < 4.78 is 19.2. The van der Waals surface area contributed by atoms with E-state index in [1.807, 2.05) is 32.0 Å². The number of aromatic amines is 1. The maximum absolute atomic E-state index is 13.3. The number of halogens is 1. The molecule has 0 atom stereocenters. The van der Waals surface area contributed by atoms with E-state index in [0.717, 1.165) is 18.4 Å². The zero-order chi connectivity index (χ0) is 26.3. The molecule has 5 N–H and O–H groups in total. The number of amides is 1. The largest absolute Gasteiger partial charge is 0.493 e. The Kier molecular flexibility index (Phi) is 8.26. The van der Waals surface area contributed by atoms with Crippen molar-refractivity contribution in [3.8, 4) is 5.75 Å². The van der Waals surface area contributed by atoms with Gasteiger partial charge in [-0.25, -0.2) is 14.4 Å². The first-order chi connectivity index (χ1) is 17.8. The van der Waals surface area contributed by atoms with Gasteiger partial charge in [-0.3, -0.25) is 9.89 Å². The Bertz CT molecular complexity index is 1360. The quantitative estimate of drug-likeness (QED) is 0.184. The first-order valence-electron chi connectivity index (χ1n) is 11.9. The van der Waals surface area contributed by atoms with E-state index in [1.165, 1.54) is 24.5 Å². The molecule has 10 nitrogen and oxygen atoms in total. The Labute approximate surface area is 213 Å². The minimum absolute atomic E-state index is 0.0451. The summed E-state index contributed by atoms with van der Waals surface area (Å²) in [4.78, 5) is 21.0. The number of H-pyrrole nitrogens is 1. The zero-order valence-electron chi connectivity index (χ0n) is 20.7. The molecule has 0 saturated carbocycles. The van der Waals surface area contributed by atoms with Crippen molar-refractivity contribution < 1.29 is 19.0 Å². The van der Waals surface area contributed by atoms with Gasteiger partial charge in [-0.2, -0.15) is 5.10 Å². The van der Waals surface area contributed by atoms with Gasteiger partial charge in [0.1, 0.15) is 23.7 Å². The van der Waals surface area contributed by atoms with Crippen molar-refractivity contribution in [3.63, 3.8) is 0 Å². The lowest BCUT2D eigenvalue weighted by Crippen LogP contribution is -2.43. The number of ether oxygens (including phenoxy) is 1. The molecule has 4 rings (SSSR count). The number of carbonyl (C=O) groups is 1. The fourth-order valence-corrected chi connectivity index (χ4v) is 3.55. The van der Waals surface area contributed by atoms with Gasteiger partial charge >= 0.3 is 0 Å². The second-order valence-corrected chi connectivity index (χ2v) is 9.21. The normalized spacial score (nSPS) is 11.5. The van der Waals surface area contributed by atoms with Crippen LogP contribution >= 0.6 is 0 Å². The number of hydrogen-bond donors (Lipinski definition) is 5. The molecule has 0 saturated heterocycles. The lowest BCUT2D eigenvalue weighted by atomic mass is 10.1. The van der Waals surface area contributed by atoms with Crippen LogP contribution in [-0.2, 0) is 11.2 Å². The Morgan fingerprint density at radius 1 is 1.16 bits per heavy atom. The topological polar surface area (TPSA) is 137 Å². The lowest BCUT2D eigenvalue weighted by Gasteiger charge is -2.23. The van der Waals surface area contributed by atoms with Crippen LogP contribution in [0.15, 0.2) is 54.9 Å². The second kappa shape index (κ2) is 11.8. The van der Waals surface area contributed by atoms with E-state index in [1.54, 1.807) is 12.1 Å². The van der Waals surface area contributed by atoms with E-state index >= 15 is 0 Å². The van der Waals surface area contributed by atoms with Gasteiger partial charge < -0.3 is 25.8 Å². The van der Waals surface area contributed by atoms with Crippen molar-refractivity contribution in [2.24, 2.45) is 0 Å². The standard InChI is InChI=1S/C26H30FN7O3/c1-26(2,15-35)30-9-4-10-37-20-7-8-21-22(14-20)28-16-29-25(21)32-23-12-19(33-34-23)13-24(36)31-18-6-3-5-17(27)11-18/h3,5-8,11-12,14,16,30,35H,4,9-10,13,15H2,1-2H3,(H,31,36)(H2,28,29,32,33,34). The summed E-state index contributed by atoms with van der Waals surface area (Å²) in [6.45, 7) is 5.21. The molecule has 0 aliphatic carbocycles. The zero-order valence-corrected chi connectivity index (χ0v) is 20.7. The molecule has 0 spiro atoms. The van der Waals surface area contributed by atoms with Crippen LogP contribution in [0.25, 0.3) is 10.9 Å². The number of carbonyl (C=O) groups excluding carboxylic acids is 1. The number of benzene rings is 2. The molecule has 2 aromatic heterocycles. The fraction of sp³-hybridized carbons (Fsp3) is 0.308. The molecule has 2 aromatic carbocycles. The number of rotatable bonds is 12. The predicted molar refractivity (Wildman–Crippen MR) is 139 cm³/mol. The fourth-order valence-electron chi connectivity index (χ4n) is 3.55. The molecule has 1 amide bonds. The van der Waals surface area contributed by atoms with Crippen molar-refractivity contribution in [3.05, 3.63) is 66.4 Å². The molecule has 37 heavy (non-hydrogen) atoms. The minimum Gasteiger partial charge on any atom is -0.493 e. The summed E-state index contributed by atoms with van der Waals surface area (Å²) in [5.74, 6) is 1.04. The Morgan fingerprint density at radius 3 is 2.84 bits per heavy atom. The van der Waals surface area contributed by atoms with Crippen molar-refractivity contribution in [2.75, 3.05) is 30.4 Å². The summed E-state index contributed by atoms with van der Waals surface area (Å²) in [5.41, 5.74) is 1.37.